The van der Waals surface area contributed by atoms with Gasteiger partial charge in [-0.1, -0.05) is 0 Å². The first-order valence-electron chi connectivity index (χ1n) is 5.05. The number of ether oxygens (including phenoxy) is 1. The van der Waals surface area contributed by atoms with Crippen molar-refractivity contribution in [3.8, 4) is 5.88 Å². The Bertz CT molecular complexity index is 368. The summed E-state index contributed by atoms with van der Waals surface area (Å²) in [5.74, 6) is 0.291. The van der Waals surface area contributed by atoms with Crippen LogP contribution in [0.3, 0.4) is 0 Å². The molecule has 0 aliphatic carbocycles. The third-order valence-corrected chi connectivity index (χ3v) is 1.95. The lowest BCUT2D eigenvalue weighted by atomic mass is 10.3. The number of hydrogen-bond donors (Lipinski definition) is 2. The molecule has 6 heteroatoms. The van der Waals surface area contributed by atoms with E-state index in [9.17, 15) is 4.79 Å². The van der Waals surface area contributed by atoms with Gasteiger partial charge in [0.25, 0.3) is 0 Å². The van der Waals surface area contributed by atoms with E-state index in [0.29, 0.717) is 24.8 Å². The largest absolute Gasteiger partial charge is 0.481 e. The minimum atomic E-state index is -0.843. The van der Waals surface area contributed by atoms with Gasteiger partial charge in [0.2, 0.25) is 5.88 Å². The van der Waals surface area contributed by atoms with Crippen molar-refractivity contribution < 1.29 is 14.6 Å². The normalized spacial score (nSPS) is 9.88. The number of nitrogens with one attached hydrogen (secondary N) is 1. The van der Waals surface area contributed by atoms with Crippen LogP contribution in [0, 0.1) is 6.92 Å². The molecule has 0 radical (unpaired) electrons. The second-order valence-corrected chi connectivity index (χ2v) is 3.16. The van der Waals surface area contributed by atoms with Crippen LogP contribution in [-0.4, -0.2) is 34.2 Å². The van der Waals surface area contributed by atoms with E-state index in [4.69, 9.17) is 9.84 Å². The monoisotopic (exact) mass is 225 g/mol. The van der Waals surface area contributed by atoms with Crippen LogP contribution in [0.2, 0.25) is 0 Å². The van der Waals surface area contributed by atoms with Crippen LogP contribution < -0.4 is 10.1 Å². The van der Waals surface area contributed by atoms with E-state index >= 15 is 0 Å². The summed E-state index contributed by atoms with van der Waals surface area (Å²) in [6.07, 6.45) is 1.44. The molecule has 6 nitrogen and oxygen atoms in total. The average molecular weight is 225 g/mol. The lowest BCUT2D eigenvalue weighted by Gasteiger charge is -2.10. The van der Waals surface area contributed by atoms with Crippen LogP contribution in [0.4, 0.5) is 5.82 Å². The summed E-state index contributed by atoms with van der Waals surface area (Å²) in [4.78, 5) is 18.4. The van der Waals surface area contributed by atoms with Gasteiger partial charge >= 0.3 is 5.97 Å². The van der Waals surface area contributed by atoms with Crippen molar-refractivity contribution in [3.63, 3.8) is 0 Å². The first-order valence-corrected chi connectivity index (χ1v) is 5.05. The van der Waals surface area contributed by atoms with E-state index in [0.717, 1.165) is 5.56 Å². The van der Waals surface area contributed by atoms with Gasteiger partial charge in [-0.15, -0.1) is 0 Å². The first-order chi connectivity index (χ1) is 7.65. The summed E-state index contributed by atoms with van der Waals surface area (Å²) < 4.78 is 5.30. The average Bonchev–Trinajstić information content (AvgIpc) is 2.23. The maximum absolute atomic E-state index is 10.3. The molecule has 0 atom stereocenters. The Hall–Kier alpha value is -1.85. The van der Waals surface area contributed by atoms with Gasteiger partial charge in [-0.05, 0) is 13.8 Å². The van der Waals surface area contributed by atoms with Crippen LogP contribution >= 0.6 is 0 Å². The molecule has 0 saturated heterocycles. The van der Waals surface area contributed by atoms with E-state index < -0.39 is 5.97 Å². The highest BCUT2D eigenvalue weighted by Gasteiger charge is 2.07. The van der Waals surface area contributed by atoms with E-state index in [1.807, 2.05) is 13.8 Å². The fourth-order valence-corrected chi connectivity index (χ4v) is 1.18. The molecule has 2 N–H and O–H groups in total. The number of aromatic nitrogens is 2. The van der Waals surface area contributed by atoms with Crippen LogP contribution in [-0.2, 0) is 4.79 Å². The number of hydrogen-bond acceptors (Lipinski definition) is 5. The molecule has 0 fully saturated rings. The zero-order valence-corrected chi connectivity index (χ0v) is 9.36. The summed E-state index contributed by atoms with van der Waals surface area (Å²) in [6, 6.07) is 0. The topological polar surface area (TPSA) is 84.3 Å². The van der Waals surface area contributed by atoms with Crippen molar-refractivity contribution in [1.29, 1.82) is 0 Å². The molecule has 1 rings (SSSR count). The minimum Gasteiger partial charge on any atom is -0.481 e. The van der Waals surface area contributed by atoms with Crippen LogP contribution in [0.25, 0.3) is 0 Å². The fraction of sp³-hybridized carbons (Fsp3) is 0.500. The standard InChI is InChI=1S/C10H15N3O3/c1-3-16-10-7(2)9(12-6-13-10)11-5-4-8(14)15/h6H,3-5H2,1-2H3,(H,14,15)(H,11,12,13). The number of aliphatic carboxylic acids is 1. The van der Waals surface area contributed by atoms with Gasteiger partial charge in [-0.25, -0.2) is 9.97 Å². The Morgan fingerprint density at radius 1 is 1.56 bits per heavy atom. The van der Waals surface area contributed by atoms with Gasteiger partial charge in [0.15, 0.2) is 0 Å². The zero-order chi connectivity index (χ0) is 12.0. The molecular weight excluding hydrogens is 210 g/mol. The van der Waals surface area contributed by atoms with E-state index in [-0.39, 0.29) is 6.42 Å². The molecule has 88 valence electrons. The fourth-order valence-electron chi connectivity index (χ4n) is 1.18. The molecule has 0 bridgehead atoms. The van der Waals surface area contributed by atoms with Gasteiger partial charge < -0.3 is 15.2 Å². The highest BCUT2D eigenvalue weighted by atomic mass is 16.5. The molecule has 1 heterocycles. The molecular formula is C10H15N3O3. The van der Waals surface area contributed by atoms with Crippen molar-refractivity contribution in [2.24, 2.45) is 0 Å². The van der Waals surface area contributed by atoms with Gasteiger partial charge in [-0.3, -0.25) is 4.79 Å². The SMILES string of the molecule is CCOc1ncnc(NCCC(=O)O)c1C. The Balaban J connectivity index is 2.65. The summed E-state index contributed by atoms with van der Waals surface area (Å²) in [6.45, 7) is 4.57. The number of carboxylic acid groups (broad SMARTS) is 1. The Morgan fingerprint density at radius 3 is 2.94 bits per heavy atom. The second kappa shape index (κ2) is 5.89. The van der Waals surface area contributed by atoms with Crippen molar-refractivity contribution in [1.82, 2.24) is 9.97 Å². The summed E-state index contributed by atoms with van der Waals surface area (Å²) >= 11 is 0. The van der Waals surface area contributed by atoms with E-state index in [1.165, 1.54) is 6.33 Å². The van der Waals surface area contributed by atoms with Crippen molar-refractivity contribution in [3.05, 3.63) is 11.9 Å². The molecule has 0 spiro atoms. The molecule has 16 heavy (non-hydrogen) atoms. The number of carboxylic acids is 1. The molecule has 1 aromatic heterocycles. The molecule has 0 unspecified atom stereocenters. The Labute approximate surface area is 93.7 Å². The maximum Gasteiger partial charge on any atom is 0.305 e. The molecule has 0 amide bonds. The smallest absolute Gasteiger partial charge is 0.305 e. The quantitative estimate of drug-likeness (QED) is 0.753. The molecule has 0 aliphatic heterocycles. The second-order valence-electron chi connectivity index (χ2n) is 3.16. The lowest BCUT2D eigenvalue weighted by molar-refractivity contribution is -0.136. The number of anilines is 1. The van der Waals surface area contributed by atoms with Crippen LogP contribution in [0.1, 0.15) is 18.9 Å². The van der Waals surface area contributed by atoms with E-state index in [2.05, 4.69) is 15.3 Å². The van der Waals surface area contributed by atoms with Crippen LogP contribution in [0.5, 0.6) is 5.88 Å². The zero-order valence-electron chi connectivity index (χ0n) is 9.36. The van der Waals surface area contributed by atoms with Crippen molar-refractivity contribution in [2.75, 3.05) is 18.5 Å². The number of nitrogens with zero attached hydrogens (tertiary/aromatic N) is 2. The predicted molar refractivity (Wildman–Crippen MR) is 58.7 cm³/mol. The number of carbonyl (C=O) groups is 1. The Kier molecular flexibility index (Phi) is 4.50. The van der Waals surface area contributed by atoms with Crippen LogP contribution in [0.15, 0.2) is 6.33 Å². The van der Waals surface area contributed by atoms with Gasteiger partial charge in [-0.2, -0.15) is 0 Å². The van der Waals surface area contributed by atoms with Crippen molar-refractivity contribution in [2.45, 2.75) is 20.3 Å². The first kappa shape index (κ1) is 12.2. The third-order valence-electron chi connectivity index (χ3n) is 1.95. The summed E-state index contributed by atoms with van der Waals surface area (Å²) in [5.41, 5.74) is 0.787. The highest BCUT2D eigenvalue weighted by molar-refractivity contribution is 5.67. The summed E-state index contributed by atoms with van der Waals surface area (Å²) in [7, 11) is 0. The molecule has 0 saturated carbocycles. The predicted octanol–water partition coefficient (Wildman–Crippen LogP) is 1.07. The van der Waals surface area contributed by atoms with Gasteiger partial charge in [0.05, 0.1) is 18.6 Å². The molecule has 0 aromatic carbocycles. The minimum absolute atomic E-state index is 0.0490. The molecule has 1 aromatic rings. The maximum atomic E-state index is 10.3. The van der Waals surface area contributed by atoms with Gasteiger partial charge in [0.1, 0.15) is 12.1 Å². The Morgan fingerprint density at radius 2 is 2.31 bits per heavy atom. The lowest BCUT2D eigenvalue weighted by Crippen LogP contribution is -2.10. The van der Waals surface area contributed by atoms with E-state index in [1.54, 1.807) is 0 Å². The third kappa shape index (κ3) is 3.38. The summed E-state index contributed by atoms with van der Waals surface area (Å²) in [5, 5.41) is 11.4. The number of rotatable bonds is 6. The van der Waals surface area contributed by atoms with Gasteiger partial charge in [0, 0.05) is 6.54 Å². The van der Waals surface area contributed by atoms with Crippen molar-refractivity contribution >= 4 is 11.8 Å². The highest BCUT2D eigenvalue weighted by Crippen LogP contribution is 2.19. The molecule has 0 aliphatic rings.